The highest BCUT2D eigenvalue weighted by atomic mass is 79.9. The van der Waals surface area contributed by atoms with Crippen LogP contribution in [0.15, 0.2) is 22.4 Å². The number of halogens is 5. The van der Waals surface area contributed by atoms with Gasteiger partial charge in [0.05, 0.1) is 32.7 Å². The van der Waals surface area contributed by atoms with E-state index in [-0.39, 0.29) is 23.4 Å². The highest BCUT2D eigenvalue weighted by Crippen LogP contribution is 2.47. The van der Waals surface area contributed by atoms with Crippen LogP contribution < -0.4 is 5.32 Å². The Hall–Kier alpha value is 0.910. The maximum Gasteiger partial charge on any atom is 0.315 e. The number of carbonyl (C=O) groups is 2. The molecule has 122 valence electrons. The fourth-order valence-electron chi connectivity index (χ4n) is 1.32. The topological polar surface area (TPSA) is 55.4 Å². The molecule has 0 saturated carbocycles. The van der Waals surface area contributed by atoms with E-state index in [1.54, 1.807) is 6.92 Å². The van der Waals surface area contributed by atoms with Gasteiger partial charge in [-0.05, 0) is 86.6 Å². The van der Waals surface area contributed by atoms with Crippen LogP contribution in [-0.4, -0.2) is 30.0 Å². The first-order valence-electron chi connectivity index (χ1n) is 5.84. The summed E-state index contributed by atoms with van der Waals surface area (Å²) < 4.78 is 8.58. The fourth-order valence-corrected chi connectivity index (χ4v) is 5.17. The van der Waals surface area contributed by atoms with E-state index < -0.39 is 0 Å². The quantitative estimate of drug-likeness (QED) is 0.244. The molecule has 0 aliphatic rings. The molecule has 1 amide bonds. The van der Waals surface area contributed by atoms with E-state index in [4.69, 9.17) is 4.74 Å². The second-order valence-corrected chi connectivity index (χ2v) is 8.74. The summed E-state index contributed by atoms with van der Waals surface area (Å²) in [5.41, 5.74) is 0.601. The summed E-state index contributed by atoms with van der Waals surface area (Å²) in [5.74, 6) is -0.228. The van der Waals surface area contributed by atoms with Crippen LogP contribution in [0.5, 0.6) is 0 Å². The Labute approximate surface area is 174 Å². The van der Waals surface area contributed by atoms with E-state index in [9.17, 15) is 9.59 Å². The lowest BCUT2D eigenvalue weighted by Crippen LogP contribution is -2.17. The summed E-state index contributed by atoms with van der Waals surface area (Å²) in [4.78, 5) is 23.2. The molecule has 1 aromatic rings. The maximum absolute atomic E-state index is 12.0. The number of esters is 1. The first-order chi connectivity index (χ1) is 10.3. The number of amides is 1. The number of hydrogen-bond acceptors (Lipinski definition) is 4. The molecule has 22 heavy (non-hydrogen) atoms. The van der Waals surface area contributed by atoms with Gasteiger partial charge in [0.25, 0.3) is 0 Å². The van der Waals surface area contributed by atoms with Crippen LogP contribution in [0.2, 0.25) is 0 Å². The van der Waals surface area contributed by atoms with Gasteiger partial charge in [-0.2, -0.15) is 0 Å². The van der Waals surface area contributed by atoms with Gasteiger partial charge >= 0.3 is 5.97 Å². The van der Waals surface area contributed by atoms with Gasteiger partial charge in [-0.1, -0.05) is 0 Å². The molecule has 0 aliphatic carbocycles. The predicted molar refractivity (Wildman–Crippen MR) is 108 cm³/mol. The van der Waals surface area contributed by atoms with Crippen molar-refractivity contribution in [2.45, 2.75) is 6.92 Å². The second-order valence-electron chi connectivity index (χ2n) is 3.79. The number of ether oxygens (including phenoxy) is 1. The molecule has 1 aromatic carbocycles. The zero-order valence-corrected chi connectivity index (χ0v) is 19.9. The third-order valence-electron chi connectivity index (χ3n) is 2.23. The lowest BCUT2D eigenvalue weighted by atomic mass is 10.3. The first-order valence-corrected chi connectivity index (χ1v) is 11.0. The molecule has 0 atom stereocenters. The molecule has 0 radical (unpaired) electrons. The summed E-state index contributed by atoms with van der Waals surface area (Å²) in [6, 6.07) is 0. The number of carbonyl (C=O) groups excluding carboxylic acids is 2. The van der Waals surface area contributed by atoms with Crippen molar-refractivity contribution in [1.29, 1.82) is 0 Å². The van der Waals surface area contributed by atoms with E-state index in [0.29, 0.717) is 21.2 Å². The number of nitrogens with one attached hydrogen (secondary N) is 1. The SMILES string of the molecule is CCOC(=O)CSCC(=O)Nc1c(Br)c(Br)c(Br)c(Br)c1Br. The number of anilines is 1. The van der Waals surface area contributed by atoms with Gasteiger partial charge in [0.15, 0.2) is 0 Å². The number of benzene rings is 1. The molecule has 1 N–H and O–H groups in total. The zero-order chi connectivity index (χ0) is 16.9. The minimum Gasteiger partial charge on any atom is -0.465 e. The van der Waals surface area contributed by atoms with Crippen LogP contribution in [0.25, 0.3) is 0 Å². The number of rotatable bonds is 6. The maximum atomic E-state index is 12.0. The third kappa shape index (κ3) is 5.77. The van der Waals surface area contributed by atoms with Gasteiger partial charge in [-0.15, -0.1) is 11.8 Å². The Bertz CT molecular complexity index is 568. The fraction of sp³-hybridized carbons (Fsp3) is 0.333. The molecule has 10 heteroatoms. The van der Waals surface area contributed by atoms with Gasteiger partial charge in [-0.25, -0.2) is 0 Å². The lowest BCUT2D eigenvalue weighted by Gasteiger charge is -2.14. The van der Waals surface area contributed by atoms with Gasteiger partial charge < -0.3 is 10.1 Å². The molecule has 4 nitrogen and oxygen atoms in total. The van der Waals surface area contributed by atoms with Crippen molar-refractivity contribution in [2.75, 3.05) is 23.4 Å². The standard InChI is InChI=1S/C12H10Br5NO3S/c1-2-21-6(20)4-22-3-5(19)18-12-10(16)8(14)7(13)9(15)11(12)17/h2-4H2,1H3,(H,18,19). The van der Waals surface area contributed by atoms with Crippen molar-refractivity contribution in [3.05, 3.63) is 22.4 Å². The van der Waals surface area contributed by atoms with Crippen molar-refractivity contribution in [1.82, 2.24) is 0 Å². The summed E-state index contributed by atoms with van der Waals surface area (Å²) in [7, 11) is 0. The minimum atomic E-state index is -0.322. The summed E-state index contributed by atoms with van der Waals surface area (Å²) in [6.07, 6.45) is 0. The first kappa shape index (κ1) is 21.0. The molecule has 0 bridgehead atoms. The monoisotopic (exact) mass is 643 g/mol. The Morgan fingerprint density at radius 2 is 1.45 bits per heavy atom. The second kappa shape index (κ2) is 10.0. The van der Waals surface area contributed by atoms with E-state index in [0.717, 1.165) is 13.4 Å². The molecular formula is C12H10Br5NO3S. The van der Waals surface area contributed by atoms with Crippen molar-refractivity contribution in [2.24, 2.45) is 0 Å². The van der Waals surface area contributed by atoms with Crippen LogP contribution in [0.4, 0.5) is 5.69 Å². The Morgan fingerprint density at radius 1 is 0.955 bits per heavy atom. The van der Waals surface area contributed by atoms with Crippen molar-refractivity contribution < 1.29 is 14.3 Å². The van der Waals surface area contributed by atoms with E-state index in [2.05, 4.69) is 85.0 Å². The predicted octanol–water partition coefficient (Wildman–Crippen LogP) is 5.73. The van der Waals surface area contributed by atoms with E-state index >= 15 is 0 Å². The average molecular weight is 648 g/mol. The largest absolute Gasteiger partial charge is 0.465 e. The lowest BCUT2D eigenvalue weighted by molar-refractivity contribution is -0.139. The molecule has 0 heterocycles. The summed E-state index contributed by atoms with van der Waals surface area (Å²) >= 11 is 18.4. The molecule has 0 unspecified atom stereocenters. The van der Waals surface area contributed by atoms with Crippen LogP contribution >= 0.6 is 91.4 Å². The zero-order valence-electron chi connectivity index (χ0n) is 11.1. The third-order valence-corrected chi connectivity index (χ3v) is 9.23. The Kier molecular flexibility index (Phi) is 9.55. The molecular weight excluding hydrogens is 638 g/mol. The van der Waals surface area contributed by atoms with Crippen LogP contribution in [0, 0.1) is 0 Å². The van der Waals surface area contributed by atoms with Crippen molar-refractivity contribution in [3.8, 4) is 0 Å². The summed E-state index contributed by atoms with van der Waals surface area (Å²) in [6.45, 7) is 2.08. The van der Waals surface area contributed by atoms with Gasteiger partial charge in [0.1, 0.15) is 0 Å². The van der Waals surface area contributed by atoms with Crippen LogP contribution in [-0.2, 0) is 14.3 Å². The molecule has 0 saturated heterocycles. The molecule has 0 spiro atoms. The van der Waals surface area contributed by atoms with Gasteiger partial charge in [0.2, 0.25) is 5.91 Å². The molecule has 0 fully saturated rings. The Balaban J connectivity index is 2.71. The molecule has 1 rings (SSSR count). The number of thioether (sulfide) groups is 1. The van der Waals surface area contributed by atoms with Gasteiger partial charge in [0, 0.05) is 13.4 Å². The van der Waals surface area contributed by atoms with E-state index in [1.807, 2.05) is 0 Å². The van der Waals surface area contributed by atoms with Gasteiger partial charge in [-0.3, -0.25) is 9.59 Å². The molecule has 0 aliphatic heterocycles. The Morgan fingerprint density at radius 3 is 1.95 bits per heavy atom. The van der Waals surface area contributed by atoms with Crippen molar-refractivity contribution >= 4 is 109 Å². The highest BCUT2D eigenvalue weighted by molar-refractivity contribution is 9.15. The van der Waals surface area contributed by atoms with Crippen molar-refractivity contribution in [3.63, 3.8) is 0 Å². The smallest absolute Gasteiger partial charge is 0.315 e. The normalized spacial score (nSPS) is 10.5. The minimum absolute atomic E-state index is 0.150. The molecule has 0 aromatic heterocycles. The average Bonchev–Trinajstić information content (AvgIpc) is 2.48. The van der Waals surface area contributed by atoms with Crippen LogP contribution in [0.3, 0.4) is 0 Å². The summed E-state index contributed by atoms with van der Waals surface area (Å²) in [5, 5.41) is 2.81. The highest BCUT2D eigenvalue weighted by Gasteiger charge is 2.19. The number of hydrogen-bond donors (Lipinski definition) is 1. The van der Waals surface area contributed by atoms with Crippen LogP contribution in [0.1, 0.15) is 6.92 Å². The van der Waals surface area contributed by atoms with E-state index in [1.165, 1.54) is 11.8 Å².